The van der Waals surface area contributed by atoms with Crippen molar-refractivity contribution in [1.82, 2.24) is 14.8 Å². The summed E-state index contributed by atoms with van der Waals surface area (Å²) in [6.45, 7) is 2.74. The highest BCUT2D eigenvalue weighted by Crippen LogP contribution is 2.26. The van der Waals surface area contributed by atoms with Crippen LogP contribution in [0, 0.1) is 0 Å². The van der Waals surface area contributed by atoms with Gasteiger partial charge >= 0.3 is 0 Å². The molecule has 27 heavy (non-hydrogen) atoms. The van der Waals surface area contributed by atoms with Gasteiger partial charge in [-0.05, 0) is 59.3 Å². The summed E-state index contributed by atoms with van der Waals surface area (Å²) in [5.74, 6) is 1.72. The third kappa shape index (κ3) is 4.70. The Labute approximate surface area is 170 Å². The Bertz CT molecular complexity index is 928. The molecule has 2 aromatic carbocycles. The highest BCUT2D eigenvalue weighted by atomic mass is 79.9. The minimum Gasteiger partial charge on any atom is -0.497 e. The van der Waals surface area contributed by atoms with Gasteiger partial charge in [-0.1, -0.05) is 23.9 Å². The van der Waals surface area contributed by atoms with Gasteiger partial charge in [0.1, 0.15) is 5.75 Å². The second-order valence-electron chi connectivity index (χ2n) is 5.60. The van der Waals surface area contributed by atoms with Crippen molar-refractivity contribution in [2.24, 2.45) is 0 Å². The lowest BCUT2D eigenvalue weighted by Gasteiger charge is -2.09. The van der Waals surface area contributed by atoms with E-state index in [-0.39, 0.29) is 11.7 Å². The molecule has 1 amide bonds. The van der Waals surface area contributed by atoms with Gasteiger partial charge in [0.2, 0.25) is 5.91 Å². The van der Waals surface area contributed by atoms with E-state index in [1.54, 1.807) is 7.11 Å². The van der Waals surface area contributed by atoms with E-state index in [9.17, 15) is 4.79 Å². The Morgan fingerprint density at radius 3 is 2.59 bits per heavy atom. The molecule has 3 rings (SSSR count). The van der Waals surface area contributed by atoms with Gasteiger partial charge in [0.25, 0.3) is 0 Å². The largest absolute Gasteiger partial charge is 0.497 e. The summed E-state index contributed by atoms with van der Waals surface area (Å²) >= 11 is 4.79. The van der Waals surface area contributed by atoms with Crippen LogP contribution in [-0.2, 0) is 11.3 Å². The van der Waals surface area contributed by atoms with Gasteiger partial charge in [-0.2, -0.15) is 0 Å². The fourth-order valence-electron chi connectivity index (χ4n) is 2.51. The van der Waals surface area contributed by atoms with Gasteiger partial charge in [0.15, 0.2) is 11.0 Å². The average Bonchev–Trinajstić information content (AvgIpc) is 3.11. The van der Waals surface area contributed by atoms with Gasteiger partial charge in [0.05, 0.1) is 18.6 Å². The predicted molar refractivity (Wildman–Crippen MR) is 111 cm³/mol. The number of nitrogens with zero attached hydrogens (tertiary/aromatic N) is 3. The van der Waals surface area contributed by atoms with Gasteiger partial charge in [-0.15, -0.1) is 10.2 Å². The van der Waals surface area contributed by atoms with Crippen molar-refractivity contribution < 1.29 is 9.53 Å². The van der Waals surface area contributed by atoms with Crippen LogP contribution in [0.1, 0.15) is 6.92 Å². The summed E-state index contributed by atoms with van der Waals surface area (Å²) in [4.78, 5) is 12.3. The lowest BCUT2D eigenvalue weighted by molar-refractivity contribution is -0.113. The molecular weight excluding hydrogens is 428 g/mol. The summed E-state index contributed by atoms with van der Waals surface area (Å²) in [7, 11) is 1.64. The quantitative estimate of drug-likeness (QED) is 0.542. The summed E-state index contributed by atoms with van der Waals surface area (Å²) < 4.78 is 8.04. The molecule has 8 heteroatoms. The molecule has 0 saturated carbocycles. The van der Waals surface area contributed by atoms with Crippen LogP contribution in [0.3, 0.4) is 0 Å². The molecular formula is C19H19BrN4O2S. The molecule has 0 unspecified atom stereocenters. The molecule has 1 aromatic heterocycles. The van der Waals surface area contributed by atoms with E-state index in [0.29, 0.717) is 11.7 Å². The number of carbonyl (C=O) groups is 1. The standard InChI is InChI=1S/C19H19BrN4O2S/c1-3-24-18(13-8-10-14(26-2)11-9-13)22-23-19(24)27-12-17(25)21-16-7-5-4-6-15(16)20/h4-11H,3,12H2,1-2H3,(H,21,25). The van der Waals surface area contributed by atoms with Gasteiger partial charge in [-0.3, -0.25) is 4.79 Å². The number of carbonyl (C=O) groups excluding carboxylic acids is 1. The van der Waals surface area contributed by atoms with E-state index >= 15 is 0 Å². The number of methoxy groups -OCH3 is 1. The van der Waals surface area contributed by atoms with Gasteiger partial charge < -0.3 is 14.6 Å². The first-order valence-corrected chi connectivity index (χ1v) is 10.1. The first-order valence-electron chi connectivity index (χ1n) is 8.37. The summed E-state index contributed by atoms with van der Waals surface area (Å²) in [6, 6.07) is 15.2. The Morgan fingerprint density at radius 1 is 1.19 bits per heavy atom. The highest BCUT2D eigenvalue weighted by Gasteiger charge is 2.15. The zero-order valence-corrected chi connectivity index (χ0v) is 17.4. The molecule has 0 aliphatic heterocycles. The molecule has 0 radical (unpaired) electrons. The van der Waals surface area contributed by atoms with Crippen molar-refractivity contribution in [2.45, 2.75) is 18.6 Å². The summed E-state index contributed by atoms with van der Waals surface area (Å²) in [5.41, 5.74) is 1.70. The van der Waals surface area contributed by atoms with E-state index in [1.165, 1.54) is 11.8 Å². The predicted octanol–water partition coefficient (Wildman–Crippen LogP) is 4.47. The van der Waals surface area contributed by atoms with Crippen LogP contribution in [0.2, 0.25) is 0 Å². The average molecular weight is 447 g/mol. The number of ether oxygens (including phenoxy) is 1. The van der Waals surface area contributed by atoms with Crippen LogP contribution < -0.4 is 10.1 Å². The molecule has 6 nitrogen and oxygen atoms in total. The van der Waals surface area contributed by atoms with Crippen molar-refractivity contribution in [1.29, 1.82) is 0 Å². The van der Waals surface area contributed by atoms with Gasteiger partial charge in [0, 0.05) is 16.6 Å². The van der Waals surface area contributed by atoms with Crippen molar-refractivity contribution >= 4 is 39.3 Å². The SMILES string of the molecule is CCn1c(SCC(=O)Nc2ccccc2Br)nnc1-c1ccc(OC)cc1. The molecule has 0 saturated heterocycles. The number of rotatable bonds is 7. The number of hydrogen-bond acceptors (Lipinski definition) is 5. The molecule has 1 N–H and O–H groups in total. The lowest BCUT2D eigenvalue weighted by atomic mass is 10.2. The van der Waals surface area contributed by atoms with E-state index in [1.807, 2.05) is 60.0 Å². The fraction of sp³-hybridized carbons (Fsp3) is 0.211. The zero-order valence-electron chi connectivity index (χ0n) is 15.0. The zero-order chi connectivity index (χ0) is 19.2. The van der Waals surface area contributed by atoms with Crippen LogP contribution in [0.15, 0.2) is 58.2 Å². The Morgan fingerprint density at radius 2 is 1.93 bits per heavy atom. The maximum absolute atomic E-state index is 12.3. The molecule has 140 valence electrons. The van der Waals surface area contributed by atoms with Crippen molar-refractivity contribution in [2.75, 3.05) is 18.2 Å². The van der Waals surface area contributed by atoms with E-state index in [4.69, 9.17) is 4.74 Å². The van der Waals surface area contributed by atoms with E-state index in [2.05, 4.69) is 31.4 Å². The Hall–Kier alpha value is -2.32. The molecule has 0 atom stereocenters. The number of para-hydroxylation sites is 1. The summed E-state index contributed by atoms with van der Waals surface area (Å²) in [5, 5.41) is 12.2. The number of benzene rings is 2. The van der Waals surface area contributed by atoms with Crippen LogP contribution in [0.25, 0.3) is 11.4 Å². The van der Waals surface area contributed by atoms with E-state index < -0.39 is 0 Å². The molecule has 0 bridgehead atoms. The number of aromatic nitrogens is 3. The lowest BCUT2D eigenvalue weighted by Crippen LogP contribution is -2.15. The van der Waals surface area contributed by atoms with E-state index in [0.717, 1.165) is 27.3 Å². The Kier molecular flexibility index (Phi) is 6.52. The second kappa shape index (κ2) is 9.05. The monoisotopic (exact) mass is 446 g/mol. The molecule has 1 heterocycles. The first kappa shape index (κ1) is 19.4. The second-order valence-corrected chi connectivity index (χ2v) is 7.39. The topological polar surface area (TPSA) is 69.0 Å². The molecule has 0 aliphatic rings. The first-order chi connectivity index (χ1) is 13.1. The van der Waals surface area contributed by atoms with Crippen molar-refractivity contribution in [3.8, 4) is 17.1 Å². The maximum Gasteiger partial charge on any atom is 0.234 e. The van der Waals surface area contributed by atoms with Crippen LogP contribution in [0.5, 0.6) is 5.75 Å². The number of hydrogen-bond donors (Lipinski definition) is 1. The Balaban J connectivity index is 1.69. The number of thioether (sulfide) groups is 1. The van der Waals surface area contributed by atoms with Gasteiger partial charge in [-0.25, -0.2) is 0 Å². The number of anilines is 1. The van der Waals surface area contributed by atoms with Crippen LogP contribution in [0.4, 0.5) is 5.69 Å². The fourth-order valence-corrected chi connectivity index (χ4v) is 3.70. The molecule has 0 spiro atoms. The molecule has 0 fully saturated rings. The molecule has 3 aromatic rings. The smallest absolute Gasteiger partial charge is 0.234 e. The van der Waals surface area contributed by atoms with Crippen LogP contribution in [-0.4, -0.2) is 33.5 Å². The van der Waals surface area contributed by atoms with Crippen molar-refractivity contribution in [3.63, 3.8) is 0 Å². The number of halogens is 1. The van der Waals surface area contributed by atoms with Crippen LogP contribution >= 0.6 is 27.7 Å². The highest BCUT2D eigenvalue weighted by molar-refractivity contribution is 9.10. The number of amides is 1. The minimum absolute atomic E-state index is 0.0939. The molecule has 0 aliphatic carbocycles. The minimum atomic E-state index is -0.0939. The maximum atomic E-state index is 12.3. The third-order valence-corrected chi connectivity index (χ3v) is 5.52. The normalized spacial score (nSPS) is 10.6. The summed E-state index contributed by atoms with van der Waals surface area (Å²) in [6.07, 6.45) is 0. The third-order valence-electron chi connectivity index (χ3n) is 3.86. The number of nitrogens with one attached hydrogen (secondary N) is 1. The van der Waals surface area contributed by atoms with Crippen molar-refractivity contribution in [3.05, 3.63) is 53.0 Å².